The van der Waals surface area contributed by atoms with E-state index in [2.05, 4.69) is 0 Å². The monoisotopic (exact) mass is 178 g/mol. The van der Waals surface area contributed by atoms with Crippen molar-refractivity contribution in [2.45, 2.75) is 20.8 Å². The van der Waals surface area contributed by atoms with Gasteiger partial charge in [-0.2, -0.15) is 0 Å². The molecule has 0 spiro atoms. The van der Waals surface area contributed by atoms with E-state index in [4.69, 9.17) is 9.47 Å². The molecule has 13 heavy (non-hydrogen) atoms. The fraction of sp³-hybridized carbons (Fsp3) is 0.273. The van der Waals surface area contributed by atoms with Crippen molar-refractivity contribution in [3.05, 3.63) is 36.3 Å². The Bertz CT molecular complexity index is 303. The largest absolute Gasteiger partial charge is 0.458 e. The summed E-state index contributed by atoms with van der Waals surface area (Å²) in [5.41, 5.74) is 1.17. The van der Waals surface area contributed by atoms with Crippen molar-refractivity contribution < 1.29 is 9.47 Å². The molecule has 0 N–H and O–H groups in total. The Morgan fingerprint density at radius 3 is 2.23 bits per heavy atom. The lowest BCUT2D eigenvalue weighted by Gasteiger charge is -2.11. The van der Waals surface area contributed by atoms with Gasteiger partial charge in [0.1, 0.15) is 12.5 Å². The predicted octanol–water partition coefficient (Wildman–Crippen LogP) is 3.26. The Morgan fingerprint density at radius 1 is 0.923 bits per heavy atom. The highest BCUT2D eigenvalue weighted by Crippen LogP contribution is 2.30. The number of fused-ring (bicyclic) bond motifs is 1. The van der Waals surface area contributed by atoms with Crippen LogP contribution in [0, 0.1) is 6.92 Å². The number of rotatable bonds is 0. The molecule has 0 saturated carbocycles. The zero-order chi connectivity index (χ0) is 9.68. The first kappa shape index (κ1) is 9.65. The Labute approximate surface area is 78.8 Å². The lowest BCUT2D eigenvalue weighted by Crippen LogP contribution is -1.95. The number of ether oxygens (including phenoxy) is 2. The number of hydrogen-bond acceptors (Lipinski definition) is 2. The van der Waals surface area contributed by atoms with Gasteiger partial charge in [0.05, 0.1) is 0 Å². The molecule has 1 aliphatic heterocycles. The van der Waals surface area contributed by atoms with Gasteiger partial charge in [-0.05, 0) is 24.6 Å². The van der Waals surface area contributed by atoms with Gasteiger partial charge in [-0.15, -0.1) is 0 Å². The third kappa shape index (κ3) is 2.25. The van der Waals surface area contributed by atoms with Crippen molar-refractivity contribution in [2.24, 2.45) is 0 Å². The average molecular weight is 178 g/mol. The molecule has 1 aromatic rings. The van der Waals surface area contributed by atoms with Gasteiger partial charge in [-0.1, -0.05) is 19.9 Å². The Balaban J connectivity index is 0.000000396. The van der Waals surface area contributed by atoms with Crippen molar-refractivity contribution in [2.75, 3.05) is 0 Å². The summed E-state index contributed by atoms with van der Waals surface area (Å²) >= 11 is 0. The SMILES string of the molecule is CC.Cc1ccc2c(c1)OC=CO2. The first-order valence-corrected chi connectivity index (χ1v) is 4.45. The van der Waals surface area contributed by atoms with E-state index in [1.54, 1.807) is 0 Å². The van der Waals surface area contributed by atoms with Gasteiger partial charge in [0.2, 0.25) is 0 Å². The molecule has 0 aromatic heterocycles. The van der Waals surface area contributed by atoms with Crippen LogP contribution in [0.1, 0.15) is 19.4 Å². The van der Waals surface area contributed by atoms with Crippen molar-refractivity contribution in [3.8, 4) is 11.5 Å². The molecule has 2 nitrogen and oxygen atoms in total. The van der Waals surface area contributed by atoms with Crippen molar-refractivity contribution >= 4 is 0 Å². The molecule has 0 aliphatic carbocycles. The molecule has 2 heteroatoms. The van der Waals surface area contributed by atoms with Crippen molar-refractivity contribution in [1.82, 2.24) is 0 Å². The maximum absolute atomic E-state index is 5.20. The Kier molecular flexibility index (Phi) is 3.38. The molecule has 0 fully saturated rings. The minimum absolute atomic E-state index is 0.776. The highest BCUT2D eigenvalue weighted by Gasteiger charge is 2.06. The van der Waals surface area contributed by atoms with Crippen LogP contribution in [0.5, 0.6) is 11.5 Å². The van der Waals surface area contributed by atoms with Crippen LogP contribution in [-0.4, -0.2) is 0 Å². The molecular formula is C11H14O2. The molecule has 0 amide bonds. The van der Waals surface area contributed by atoms with E-state index in [-0.39, 0.29) is 0 Å². The summed E-state index contributed by atoms with van der Waals surface area (Å²) in [5, 5.41) is 0. The van der Waals surface area contributed by atoms with Crippen LogP contribution in [0.4, 0.5) is 0 Å². The van der Waals surface area contributed by atoms with Crippen LogP contribution in [-0.2, 0) is 0 Å². The van der Waals surface area contributed by atoms with Crippen LogP contribution < -0.4 is 9.47 Å². The van der Waals surface area contributed by atoms with Crippen LogP contribution >= 0.6 is 0 Å². The molecule has 0 atom stereocenters. The highest BCUT2D eigenvalue weighted by atomic mass is 16.5. The van der Waals surface area contributed by atoms with E-state index in [0.717, 1.165) is 11.5 Å². The van der Waals surface area contributed by atoms with Gasteiger partial charge >= 0.3 is 0 Å². The zero-order valence-corrected chi connectivity index (χ0v) is 8.20. The van der Waals surface area contributed by atoms with E-state index in [9.17, 15) is 0 Å². The van der Waals surface area contributed by atoms with Gasteiger partial charge in [0.15, 0.2) is 11.5 Å². The van der Waals surface area contributed by atoms with E-state index in [1.807, 2.05) is 39.0 Å². The molecule has 70 valence electrons. The topological polar surface area (TPSA) is 18.5 Å². The average Bonchev–Trinajstić information content (AvgIpc) is 2.21. The number of benzene rings is 1. The summed E-state index contributed by atoms with van der Waals surface area (Å²) in [7, 11) is 0. The first-order valence-electron chi connectivity index (χ1n) is 4.45. The van der Waals surface area contributed by atoms with Crippen molar-refractivity contribution in [3.63, 3.8) is 0 Å². The van der Waals surface area contributed by atoms with Crippen LogP contribution in [0.2, 0.25) is 0 Å². The van der Waals surface area contributed by atoms with Crippen LogP contribution in [0.15, 0.2) is 30.7 Å². The van der Waals surface area contributed by atoms with Gasteiger partial charge in [0.25, 0.3) is 0 Å². The van der Waals surface area contributed by atoms with E-state index < -0.39 is 0 Å². The summed E-state index contributed by atoms with van der Waals surface area (Å²) in [6.07, 6.45) is 3.06. The zero-order valence-electron chi connectivity index (χ0n) is 8.20. The molecule has 1 aromatic carbocycles. The van der Waals surface area contributed by atoms with E-state index >= 15 is 0 Å². The standard InChI is InChI=1S/C9H8O2.C2H6/c1-7-2-3-8-9(6-7)11-5-4-10-8;1-2/h2-6H,1H3;1-2H3. The van der Waals surface area contributed by atoms with Gasteiger partial charge < -0.3 is 9.47 Å². The lowest BCUT2D eigenvalue weighted by molar-refractivity contribution is 0.361. The molecular weight excluding hydrogens is 164 g/mol. The summed E-state index contributed by atoms with van der Waals surface area (Å²) in [5.74, 6) is 1.56. The lowest BCUT2D eigenvalue weighted by atomic mass is 10.2. The molecule has 1 heterocycles. The van der Waals surface area contributed by atoms with Crippen LogP contribution in [0.3, 0.4) is 0 Å². The minimum Gasteiger partial charge on any atom is -0.458 e. The maximum Gasteiger partial charge on any atom is 0.169 e. The smallest absolute Gasteiger partial charge is 0.169 e. The number of aryl methyl sites for hydroxylation is 1. The van der Waals surface area contributed by atoms with E-state index in [1.165, 1.54) is 18.1 Å². The molecule has 1 aliphatic rings. The van der Waals surface area contributed by atoms with E-state index in [0.29, 0.717) is 0 Å². The maximum atomic E-state index is 5.20. The third-order valence-corrected chi connectivity index (χ3v) is 1.54. The second-order valence-corrected chi connectivity index (χ2v) is 2.46. The predicted molar refractivity (Wildman–Crippen MR) is 52.9 cm³/mol. The third-order valence-electron chi connectivity index (χ3n) is 1.54. The molecule has 0 radical (unpaired) electrons. The normalized spacial score (nSPS) is 11.6. The minimum atomic E-state index is 0.776. The quantitative estimate of drug-likeness (QED) is 0.607. The summed E-state index contributed by atoms with van der Waals surface area (Å²) in [6, 6.07) is 5.83. The first-order chi connectivity index (χ1) is 6.36. The Hall–Kier alpha value is -1.44. The molecule has 2 rings (SSSR count). The summed E-state index contributed by atoms with van der Waals surface area (Å²) in [4.78, 5) is 0. The van der Waals surface area contributed by atoms with Crippen molar-refractivity contribution in [1.29, 1.82) is 0 Å². The molecule has 0 bridgehead atoms. The van der Waals surface area contributed by atoms with Crippen LogP contribution in [0.25, 0.3) is 0 Å². The highest BCUT2D eigenvalue weighted by molar-refractivity contribution is 5.44. The fourth-order valence-electron chi connectivity index (χ4n) is 1.01. The summed E-state index contributed by atoms with van der Waals surface area (Å²) < 4.78 is 10.4. The summed E-state index contributed by atoms with van der Waals surface area (Å²) in [6.45, 7) is 6.02. The Morgan fingerprint density at radius 2 is 1.54 bits per heavy atom. The van der Waals surface area contributed by atoms with Gasteiger partial charge in [-0.3, -0.25) is 0 Å². The second-order valence-electron chi connectivity index (χ2n) is 2.46. The fourth-order valence-corrected chi connectivity index (χ4v) is 1.01. The van der Waals surface area contributed by atoms with Gasteiger partial charge in [-0.25, -0.2) is 0 Å². The molecule has 0 unspecified atom stereocenters. The van der Waals surface area contributed by atoms with Gasteiger partial charge in [0, 0.05) is 0 Å². The number of hydrogen-bond donors (Lipinski definition) is 0. The second kappa shape index (κ2) is 4.55. The molecule has 0 saturated heterocycles.